The molecule has 1 fully saturated rings. The molecule has 1 unspecified atom stereocenters. The highest BCUT2D eigenvalue weighted by Gasteiger charge is 2.28. The van der Waals surface area contributed by atoms with E-state index in [1.165, 1.54) is 0 Å². The number of aromatic nitrogens is 1. The zero-order valence-corrected chi connectivity index (χ0v) is 23.1. The number of nitrogens with two attached hydrogens (primary N) is 2. The van der Waals surface area contributed by atoms with Crippen LogP contribution in [-0.4, -0.2) is 46.7 Å². The molecule has 1 aromatic heterocycles. The van der Waals surface area contributed by atoms with E-state index in [4.69, 9.17) is 16.2 Å². The van der Waals surface area contributed by atoms with Crippen molar-refractivity contribution < 1.29 is 37.0 Å². The van der Waals surface area contributed by atoms with E-state index in [2.05, 4.69) is 5.32 Å². The van der Waals surface area contributed by atoms with E-state index in [1.54, 1.807) is 0 Å². The minimum absolute atomic E-state index is 0.0123. The number of anilines is 1. The van der Waals surface area contributed by atoms with E-state index in [0.29, 0.717) is 23.0 Å². The van der Waals surface area contributed by atoms with E-state index in [0.717, 1.165) is 62.1 Å². The number of halogens is 4. The topological polar surface area (TPSA) is 150 Å². The number of nitrogens with zero attached hydrogens (tertiary/aromatic N) is 1. The van der Waals surface area contributed by atoms with Gasteiger partial charge in [0.1, 0.15) is 34.9 Å². The van der Waals surface area contributed by atoms with Gasteiger partial charge in [-0.05, 0) is 56.3 Å². The molecule has 1 aliphatic carbocycles. The Morgan fingerprint density at radius 2 is 1.65 bits per heavy atom. The van der Waals surface area contributed by atoms with E-state index in [1.807, 2.05) is 0 Å². The van der Waals surface area contributed by atoms with Crippen molar-refractivity contribution in [3.8, 4) is 11.4 Å². The van der Waals surface area contributed by atoms with E-state index < -0.39 is 69.3 Å². The summed E-state index contributed by atoms with van der Waals surface area (Å²) in [7, 11) is 0. The number of carboxylic acid groups (broad SMARTS) is 1. The van der Waals surface area contributed by atoms with Gasteiger partial charge in [0.2, 0.25) is 0 Å². The van der Waals surface area contributed by atoms with Crippen LogP contribution >= 0.6 is 0 Å². The lowest BCUT2D eigenvalue weighted by Crippen LogP contribution is -2.44. The molecule has 3 aromatic rings. The third-order valence-corrected chi connectivity index (χ3v) is 7.56. The highest BCUT2D eigenvalue weighted by Crippen LogP contribution is 2.29. The van der Waals surface area contributed by atoms with Crippen molar-refractivity contribution >= 4 is 17.6 Å². The lowest BCUT2D eigenvalue weighted by atomic mass is 9.93. The van der Waals surface area contributed by atoms with Gasteiger partial charge in [0, 0.05) is 30.3 Å². The molecule has 0 saturated heterocycles. The SMILES string of the molecule is Nc1c(C(=O)c2ccc(F)cc2F)ccc(=O)n1-c1c(F)cc(OCCCN[C@@H](CC(N)C2CCCC2)C(=O)O)cc1F. The second-order valence-corrected chi connectivity index (χ2v) is 10.5. The number of carbonyl (C=O) groups is 2. The second kappa shape index (κ2) is 13.8. The number of nitrogen functional groups attached to an aromatic ring is 1. The Kier molecular flexibility index (Phi) is 10.2. The predicted molar refractivity (Wildman–Crippen MR) is 150 cm³/mol. The zero-order valence-electron chi connectivity index (χ0n) is 23.1. The number of rotatable bonds is 13. The third kappa shape index (κ3) is 7.41. The van der Waals surface area contributed by atoms with Gasteiger partial charge in [0.25, 0.3) is 5.56 Å². The van der Waals surface area contributed by atoms with Crippen LogP contribution in [0.25, 0.3) is 5.69 Å². The van der Waals surface area contributed by atoms with Crippen molar-refractivity contribution in [3.05, 3.63) is 87.2 Å². The maximum absolute atomic E-state index is 15.1. The van der Waals surface area contributed by atoms with Gasteiger partial charge in [-0.25, -0.2) is 17.6 Å². The van der Waals surface area contributed by atoms with Crippen LogP contribution in [0.2, 0.25) is 0 Å². The molecule has 0 aliphatic heterocycles. The van der Waals surface area contributed by atoms with Crippen molar-refractivity contribution in [1.82, 2.24) is 9.88 Å². The number of nitrogens with one attached hydrogen (secondary N) is 1. The number of aliphatic carboxylic acids is 1. The molecular weight excluding hydrogens is 572 g/mol. The molecular formula is C30H32F4N4O5. The molecule has 1 heterocycles. The molecule has 0 amide bonds. The molecule has 1 aliphatic rings. The summed E-state index contributed by atoms with van der Waals surface area (Å²) in [5.41, 5.74) is 9.34. The Balaban J connectivity index is 1.42. The van der Waals surface area contributed by atoms with Crippen LogP contribution < -0.4 is 27.1 Å². The van der Waals surface area contributed by atoms with Crippen LogP contribution in [-0.2, 0) is 4.79 Å². The first-order chi connectivity index (χ1) is 20.5. The normalized spacial score (nSPS) is 14.9. The molecule has 6 N–H and O–H groups in total. The molecule has 4 rings (SSSR count). The van der Waals surface area contributed by atoms with Crippen molar-refractivity contribution in [2.45, 2.75) is 50.6 Å². The van der Waals surface area contributed by atoms with Crippen LogP contribution in [0, 0.1) is 29.2 Å². The fraction of sp³-hybridized carbons (Fsp3) is 0.367. The highest BCUT2D eigenvalue weighted by molar-refractivity contribution is 6.11. The average Bonchev–Trinajstić information content (AvgIpc) is 3.48. The van der Waals surface area contributed by atoms with Crippen molar-refractivity contribution in [1.29, 1.82) is 0 Å². The van der Waals surface area contributed by atoms with Crippen LogP contribution in [0.4, 0.5) is 23.4 Å². The molecule has 2 atom stereocenters. The summed E-state index contributed by atoms with van der Waals surface area (Å²) in [6.45, 7) is 0.236. The number of ether oxygens (including phenoxy) is 1. The van der Waals surface area contributed by atoms with E-state index >= 15 is 8.78 Å². The number of pyridine rings is 1. The molecule has 0 bridgehead atoms. The zero-order chi connectivity index (χ0) is 31.3. The van der Waals surface area contributed by atoms with Gasteiger partial charge >= 0.3 is 5.97 Å². The Morgan fingerprint density at radius 1 is 1.00 bits per heavy atom. The van der Waals surface area contributed by atoms with Gasteiger partial charge in [-0.1, -0.05) is 12.8 Å². The number of hydrogen-bond donors (Lipinski definition) is 4. The quantitative estimate of drug-likeness (QED) is 0.130. The minimum Gasteiger partial charge on any atom is -0.493 e. The van der Waals surface area contributed by atoms with Gasteiger partial charge in [-0.3, -0.25) is 19.0 Å². The van der Waals surface area contributed by atoms with Gasteiger partial charge < -0.3 is 26.6 Å². The minimum atomic E-state index is -1.23. The summed E-state index contributed by atoms with van der Waals surface area (Å²) < 4.78 is 63.6. The molecule has 2 aromatic carbocycles. The van der Waals surface area contributed by atoms with Crippen LogP contribution in [0.5, 0.6) is 5.75 Å². The number of ketones is 1. The second-order valence-electron chi connectivity index (χ2n) is 10.5. The van der Waals surface area contributed by atoms with Crippen molar-refractivity contribution in [2.24, 2.45) is 11.7 Å². The summed E-state index contributed by atoms with van der Waals surface area (Å²) in [6.07, 6.45) is 4.77. The van der Waals surface area contributed by atoms with Crippen LogP contribution in [0.1, 0.15) is 54.4 Å². The molecule has 13 heteroatoms. The average molecular weight is 605 g/mol. The first-order valence-corrected chi connectivity index (χ1v) is 13.8. The summed E-state index contributed by atoms with van der Waals surface area (Å²) in [6, 6.07) is 4.65. The first kappa shape index (κ1) is 31.7. The molecule has 0 spiro atoms. The summed E-state index contributed by atoms with van der Waals surface area (Å²) in [5, 5.41) is 12.5. The monoisotopic (exact) mass is 604 g/mol. The fourth-order valence-electron chi connectivity index (χ4n) is 5.29. The summed E-state index contributed by atoms with van der Waals surface area (Å²) in [5.74, 6) is -7.14. The van der Waals surface area contributed by atoms with Gasteiger partial charge in [0.05, 0.1) is 17.7 Å². The molecule has 9 nitrogen and oxygen atoms in total. The molecule has 0 radical (unpaired) electrons. The number of benzene rings is 2. The lowest BCUT2D eigenvalue weighted by Gasteiger charge is -2.23. The molecule has 230 valence electrons. The molecule has 1 saturated carbocycles. The van der Waals surface area contributed by atoms with Gasteiger partial charge in [-0.2, -0.15) is 0 Å². The first-order valence-electron chi connectivity index (χ1n) is 13.8. The maximum Gasteiger partial charge on any atom is 0.320 e. The third-order valence-electron chi connectivity index (χ3n) is 7.56. The molecule has 43 heavy (non-hydrogen) atoms. The van der Waals surface area contributed by atoms with Crippen molar-refractivity contribution in [2.75, 3.05) is 18.9 Å². The summed E-state index contributed by atoms with van der Waals surface area (Å²) >= 11 is 0. The Bertz CT molecular complexity index is 1530. The Labute approximate surface area is 244 Å². The van der Waals surface area contributed by atoms with E-state index in [9.17, 15) is 28.3 Å². The number of hydrogen-bond acceptors (Lipinski definition) is 7. The van der Waals surface area contributed by atoms with Gasteiger partial charge in [0.15, 0.2) is 17.4 Å². The Morgan fingerprint density at radius 3 is 2.28 bits per heavy atom. The number of carboxylic acids is 1. The van der Waals surface area contributed by atoms with E-state index in [-0.39, 0.29) is 31.4 Å². The van der Waals surface area contributed by atoms with Gasteiger partial charge in [-0.15, -0.1) is 0 Å². The predicted octanol–water partition coefficient (Wildman–Crippen LogP) is 3.93. The maximum atomic E-state index is 15.1. The van der Waals surface area contributed by atoms with Crippen LogP contribution in [0.3, 0.4) is 0 Å². The largest absolute Gasteiger partial charge is 0.493 e. The fourth-order valence-corrected chi connectivity index (χ4v) is 5.29. The summed E-state index contributed by atoms with van der Waals surface area (Å²) in [4.78, 5) is 37.1. The van der Waals surface area contributed by atoms with Crippen molar-refractivity contribution in [3.63, 3.8) is 0 Å². The standard InChI is InChI=1S/C30H32F4N4O5/c31-17-6-7-19(21(32)12-17)28(40)20-8-9-26(39)38(29(20)36)27-22(33)13-18(14-23(27)34)43-11-3-10-37-25(30(41)42)15-24(35)16-4-1-2-5-16/h6-9,12-14,16,24-25,37H,1-5,10-11,15,35-36H2,(H,41,42)/t24?,25-/m0/s1. The number of carbonyl (C=O) groups excluding carboxylic acids is 1. The smallest absolute Gasteiger partial charge is 0.320 e. The Hall–Kier alpha value is -4.23. The highest BCUT2D eigenvalue weighted by atomic mass is 19.1. The lowest BCUT2D eigenvalue weighted by molar-refractivity contribution is -0.139. The van der Waals surface area contributed by atoms with Crippen LogP contribution in [0.15, 0.2) is 47.3 Å².